The van der Waals surface area contributed by atoms with Crippen molar-refractivity contribution in [2.75, 3.05) is 5.32 Å². The Balaban J connectivity index is 1.64. The Labute approximate surface area is 132 Å². The van der Waals surface area contributed by atoms with Crippen molar-refractivity contribution < 1.29 is 9.18 Å². The Morgan fingerprint density at radius 3 is 2.81 bits per heavy atom. The van der Waals surface area contributed by atoms with E-state index in [1.54, 1.807) is 0 Å². The number of benzene rings is 1. The number of rotatable bonds is 2. The van der Waals surface area contributed by atoms with Crippen molar-refractivity contribution in [1.29, 1.82) is 0 Å². The standard InChI is InChI=1S/C17H19BrFNO/c18-17(12-6-9-1-2-10(12)5-9)13-7-11-3-4-16(21)20-15(11)8-14(13)19/h7-10,12,17H,1-6H2,(H,20,21). The maximum absolute atomic E-state index is 14.5. The van der Waals surface area contributed by atoms with E-state index in [2.05, 4.69) is 21.2 Å². The van der Waals surface area contributed by atoms with Gasteiger partial charge in [0.05, 0.1) is 0 Å². The maximum atomic E-state index is 14.5. The summed E-state index contributed by atoms with van der Waals surface area (Å²) in [5.41, 5.74) is 2.50. The van der Waals surface area contributed by atoms with Crippen LogP contribution >= 0.6 is 15.9 Å². The smallest absolute Gasteiger partial charge is 0.224 e. The summed E-state index contributed by atoms with van der Waals surface area (Å²) >= 11 is 3.78. The zero-order valence-corrected chi connectivity index (χ0v) is 13.5. The summed E-state index contributed by atoms with van der Waals surface area (Å²) in [6.45, 7) is 0. The second kappa shape index (κ2) is 5.08. The summed E-state index contributed by atoms with van der Waals surface area (Å²) in [5.74, 6) is 1.97. The largest absolute Gasteiger partial charge is 0.326 e. The predicted octanol–water partition coefficient (Wildman–Crippen LogP) is 4.58. The molecular weight excluding hydrogens is 333 g/mol. The average Bonchev–Trinajstić information content (AvgIpc) is 3.08. The zero-order valence-electron chi connectivity index (χ0n) is 11.9. The lowest BCUT2D eigenvalue weighted by molar-refractivity contribution is -0.116. The molecule has 1 heterocycles. The van der Waals surface area contributed by atoms with Crippen LogP contribution in [0.4, 0.5) is 10.1 Å². The Morgan fingerprint density at radius 2 is 2.10 bits per heavy atom. The van der Waals surface area contributed by atoms with Gasteiger partial charge >= 0.3 is 0 Å². The number of alkyl halides is 1. The van der Waals surface area contributed by atoms with E-state index in [9.17, 15) is 9.18 Å². The van der Waals surface area contributed by atoms with Crippen LogP contribution in [0.15, 0.2) is 12.1 Å². The Bertz CT molecular complexity index is 603. The molecule has 2 nitrogen and oxygen atoms in total. The molecule has 21 heavy (non-hydrogen) atoms. The van der Waals surface area contributed by atoms with Crippen molar-refractivity contribution in [2.45, 2.75) is 43.4 Å². The molecule has 0 spiro atoms. The molecule has 2 fully saturated rings. The van der Waals surface area contributed by atoms with Gasteiger partial charge in [-0.15, -0.1) is 0 Å². The molecule has 1 aromatic carbocycles. The highest BCUT2D eigenvalue weighted by Gasteiger charge is 2.43. The molecule has 4 rings (SSSR count). The highest BCUT2D eigenvalue weighted by atomic mass is 79.9. The van der Waals surface area contributed by atoms with Gasteiger partial charge in [-0.2, -0.15) is 0 Å². The number of amides is 1. The molecule has 112 valence electrons. The van der Waals surface area contributed by atoms with Crippen LogP contribution in [0.2, 0.25) is 0 Å². The number of fused-ring (bicyclic) bond motifs is 3. The zero-order chi connectivity index (χ0) is 14.6. The van der Waals surface area contributed by atoms with Gasteiger partial charge in [-0.05, 0) is 61.1 Å². The molecular formula is C17H19BrFNO. The highest BCUT2D eigenvalue weighted by Crippen LogP contribution is 2.55. The van der Waals surface area contributed by atoms with Crippen LogP contribution in [-0.4, -0.2) is 5.91 Å². The summed E-state index contributed by atoms with van der Waals surface area (Å²) in [4.78, 5) is 11.5. The van der Waals surface area contributed by atoms with Crippen molar-refractivity contribution >= 4 is 27.5 Å². The minimum Gasteiger partial charge on any atom is -0.326 e. The Hall–Kier alpha value is -0.900. The third kappa shape index (κ3) is 2.32. The van der Waals surface area contributed by atoms with Crippen LogP contribution in [0.3, 0.4) is 0 Å². The molecule has 0 aromatic heterocycles. The summed E-state index contributed by atoms with van der Waals surface area (Å²) in [7, 11) is 0. The molecule has 1 amide bonds. The first-order valence-electron chi connectivity index (χ1n) is 7.88. The van der Waals surface area contributed by atoms with Gasteiger partial charge in [-0.3, -0.25) is 4.79 Å². The van der Waals surface area contributed by atoms with Gasteiger partial charge in [0.2, 0.25) is 5.91 Å². The molecule has 2 aliphatic carbocycles. The molecule has 0 saturated heterocycles. The lowest BCUT2D eigenvalue weighted by atomic mass is 9.83. The molecule has 4 unspecified atom stereocenters. The Kier molecular flexibility index (Phi) is 3.32. The van der Waals surface area contributed by atoms with E-state index in [0.717, 1.165) is 23.0 Å². The lowest BCUT2D eigenvalue weighted by Gasteiger charge is -2.28. The number of halogens is 2. The normalized spacial score (nSPS) is 31.9. The molecule has 4 heteroatoms. The van der Waals surface area contributed by atoms with Gasteiger partial charge < -0.3 is 5.32 Å². The fourth-order valence-corrected chi connectivity index (χ4v) is 5.51. The lowest BCUT2D eigenvalue weighted by Crippen LogP contribution is -2.21. The first kappa shape index (κ1) is 13.7. The van der Waals surface area contributed by atoms with Crippen LogP contribution in [-0.2, 0) is 11.2 Å². The number of hydrogen-bond acceptors (Lipinski definition) is 1. The summed E-state index contributed by atoms with van der Waals surface area (Å²) < 4.78 is 14.5. The van der Waals surface area contributed by atoms with Gasteiger partial charge in [0.15, 0.2) is 0 Å². The van der Waals surface area contributed by atoms with Crippen molar-refractivity contribution in [3.05, 3.63) is 29.1 Å². The van der Waals surface area contributed by atoms with E-state index in [-0.39, 0.29) is 16.6 Å². The van der Waals surface area contributed by atoms with Gasteiger partial charge in [-0.25, -0.2) is 4.39 Å². The summed E-state index contributed by atoms with van der Waals surface area (Å²) in [6, 6.07) is 3.47. The number of nitrogens with one attached hydrogen (secondary N) is 1. The van der Waals surface area contributed by atoms with Gasteiger partial charge in [0, 0.05) is 22.5 Å². The molecule has 2 saturated carbocycles. The molecule has 4 atom stereocenters. The number of aryl methyl sites for hydroxylation is 1. The number of carbonyl (C=O) groups is 1. The van der Waals surface area contributed by atoms with E-state index in [1.165, 1.54) is 31.7 Å². The summed E-state index contributed by atoms with van der Waals surface area (Å²) in [6.07, 6.45) is 6.44. The van der Waals surface area contributed by atoms with Gasteiger partial charge in [-0.1, -0.05) is 22.4 Å². The van der Waals surface area contributed by atoms with Crippen LogP contribution in [0.25, 0.3) is 0 Å². The third-order valence-corrected chi connectivity index (χ3v) is 6.76. The third-order valence-electron chi connectivity index (χ3n) is 5.58. The second-order valence-electron chi connectivity index (χ2n) is 6.82. The molecule has 3 aliphatic rings. The van der Waals surface area contributed by atoms with Crippen molar-refractivity contribution in [3.63, 3.8) is 0 Å². The van der Waals surface area contributed by atoms with Crippen molar-refractivity contribution in [1.82, 2.24) is 0 Å². The molecule has 1 aromatic rings. The first-order valence-corrected chi connectivity index (χ1v) is 8.79. The molecule has 1 aliphatic heterocycles. The van der Waals surface area contributed by atoms with Crippen molar-refractivity contribution in [2.24, 2.45) is 17.8 Å². The van der Waals surface area contributed by atoms with E-state index in [0.29, 0.717) is 24.4 Å². The fraction of sp³-hybridized carbons (Fsp3) is 0.588. The Morgan fingerprint density at radius 1 is 1.24 bits per heavy atom. The van der Waals surface area contributed by atoms with E-state index in [1.807, 2.05) is 6.07 Å². The van der Waals surface area contributed by atoms with E-state index < -0.39 is 0 Å². The minimum absolute atomic E-state index is 0.0156. The minimum atomic E-state index is -0.194. The molecule has 2 bridgehead atoms. The van der Waals surface area contributed by atoms with Crippen LogP contribution < -0.4 is 5.32 Å². The molecule has 1 N–H and O–H groups in total. The number of carbonyl (C=O) groups excluding carboxylic acids is 1. The van der Waals surface area contributed by atoms with Gasteiger partial charge in [0.1, 0.15) is 5.82 Å². The number of anilines is 1. The van der Waals surface area contributed by atoms with Crippen LogP contribution in [0.5, 0.6) is 0 Å². The van der Waals surface area contributed by atoms with Crippen LogP contribution in [0, 0.1) is 23.6 Å². The van der Waals surface area contributed by atoms with Crippen LogP contribution in [0.1, 0.15) is 48.1 Å². The number of hydrogen-bond donors (Lipinski definition) is 1. The van der Waals surface area contributed by atoms with E-state index in [4.69, 9.17) is 0 Å². The maximum Gasteiger partial charge on any atom is 0.224 e. The predicted molar refractivity (Wildman–Crippen MR) is 84.0 cm³/mol. The average molecular weight is 352 g/mol. The fourth-order valence-electron chi connectivity index (χ4n) is 4.52. The SMILES string of the molecule is O=C1CCc2cc(C(Br)C3CC4CCC3C4)c(F)cc2N1. The van der Waals surface area contributed by atoms with E-state index >= 15 is 0 Å². The van der Waals surface area contributed by atoms with Crippen molar-refractivity contribution in [3.8, 4) is 0 Å². The molecule has 0 radical (unpaired) electrons. The second-order valence-corrected chi connectivity index (χ2v) is 7.81. The summed E-state index contributed by atoms with van der Waals surface area (Å²) in [5, 5.41) is 2.77. The monoisotopic (exact) mass is 351 g/mol. The topological polar surface area (TPSA) is 29.1 Å². The van der Waals surface area contributed by atoms with Gasteiger partial charge in [0.25, 0.3) is 0 Å². The highest BCUT2D eigenvalue weighted by molar-refractivity contribution is 9.09. The first-order chi connectivity index (χ1) is 10.1. The quantitative estimate of drug-likeness (QED) is 0.776.